The van der Waals surface area contributed by atoms with Gasteiger partial charge < -0.3 is 15.3 Å². The molecular formula is C30H49N5O3. The van der Waals surface area contributed by atoms with Gasteiger partial charge in [0.1, 0.15) is 11.6 Å². The lowest BCUT2D eigenvalue weighted by molar-refractivity contribution is -0.166. The number of hydrogen-bond acceptors (Lipinski definition) is 5. The molecule has 2 saturated carbocycles. The van der Waals surface area contributed by atoms with E-state index in [9.17, 15) is 14.7 Å². The monoisotopic (exact) mass is 527 g/mol. The minimum absolute atomic E-state index is 0.0610. The van der Waals surface area contributed by atoms with Gasteiger partial charge in [-0.2, -0.15) is 5.10 Å². The van der Waals surface area contributed by atoms with Gasteiger partial charge >= 0.3 is 0 Å². The molecule has 2 saturated heterocycles. The van der Waals surface area contributed by atoms with E-state index in [4.69, 9.17) is 5.10 Å². The molecule has 0 aromatic carbocycles. The van der Waals surface area contributed by atoms with Crippen LogP contribution in [0.25, 0.3) is 0 Å². The van der Waals surface area contributed by atoms with E-state index >= 15 is 0 Å². The van der Waals surface area contributed by atoms with Gasteiger partial charge in [-0.05, 0) is 64.7 Å². The van der Waals surface area contributed by atoms with Gasteiger partial charge in [0.15, 0.2) is 0 Å². The molecular weight excluding hydrogens is 478 g/mol. The largest absolute Gasteiger partial charge is 0.390 e. The summed E-state index contributed by atoms with van der Waals surface area (Å²) >= 11 is 0. The van der Waals surface area contributed by atoms with Crippen LogP contribution in [0.3, 0.4) is 0 Å². The normalized spacial score (nSPS) is 26.3. The molecule has 2 aliphatic carbocycles. The van der Waals surface area contributed by atoms with E-state index in [0.717, 1.165) is 63.9 Å². The molecule has 1 spiro atoms. The summed E-state index contributed by atoms with van der Waals surface area (Å²) in [6, 6.07) is -0.272. The van der Waals surface area contributed by atoms with Crippen molar-refractivity contribution in [2.24, 2.45) is 5.92 Å². The molecule has 8 heteroatoms. The van der Waals surface area contributed by atoms with Crippen molar-refractivity contribution in [2.45, 2.75) is 135 Å². The minimum Gasteiger partial charge on any atom is -0.390 e. The van der Waals surface area contributed by atoms with Gasteiger partial charge in [0, 0.05) is 37.4 Å². The van der Waals surface area contributed by atoms with Crippen LogP contribution in [0.2, 0.25) is 0 Å². The number of rotatable bonds is 8. The minimum atomic E-state index is -0.808. The van der Waals surface area contributed by atoms with Crippen molar-refractivity contribution in [3.8, 4) is 0 Å². The Morgan fingerprint density at radius 2 is 1.68 bits per heavy atom. The summed E-state index contributed by atoms with van der Waals surface area (Å²) in [6.07, 6.45) is 12.6. The zero-order chi connectivity index (χ0) is 26.9. The molecule has 0 radical (unpaired) electrons. The number of hydrogen-bond donors (Lipinski definition) is 2. The number of amides is 2. The molecule has 4 fully saturated rings. The van der Waals surface area contributed by atoms with Crippen LogP contribution in [0.1, 0.15) is 113 Å². The topological polar surface area (TPSA) is 90.7 Å². The summed E-state index contributed by atoms with van der Waals surface area (Å²) in [7, 11) is 0. The fraction of sp³-hybridized carbons (Fsp3) is 0.833. The Morgan fingerprint density at radius 3 is 2.34 bits per heavy atom. The van der Waals surface area contributed by atoms with Crippen molar-refractivity contribution < 1.29 is 14.7 Å². The second-order valence-corrected chi connectivity index (χ2v) is 12.5. The first kappa shape index (κ1) is 27.6. The van der Waals surface area contributed by atoms with Gasteiger partial charge in [0.05, 0.1) is 17.8 Å². The van der Waals surface area contributed by atoms with Crippen LogP contribution in [0.15, 0.2) is 0 Å². The molecule has 38 heavy (non-hydrogen) atoms. The first-order valence-corrected chi connectivity index (χ1v) is 15.4. The molecule has 2 atom stereocenters. The van der Waals surface area contributed by atoms with E-state index in [1.165, 1.54) is 43.4 Å². The van der Waals surface area contributed by atoms with E-state index < -0.39 is 17.7 Å². The second kappa shape index (κ2) is 11.7. The number of piperazine rings is 1. The van der Waals surface area contributed by atoms with Crippen LogP contribution in [0.5, 0.6) is 0 Å². The van der Waals surface area contributed by atoms with Crippen LogP contribution >= 0.6 is 0 Å². The number of carbonyl (C=O) groups excluding carboxylic acids is 2. The summed E-state index contributed by atoms with van der Waals surface area (Å²) in [5, 5.41) is 19.1. The van der Waals surface area contributed by atoms with Crippen molar-refractivity contribution in [1.82, 2.24) is 24.9 Å². The lowest BCUT2D eigenvalue weighted by Crippen LogP contribution is -2.75. The maximum absolute atomic E-state index is 13.9. The van der Waals surface area contributed by atoms with Crippen molar-refractivity contribution >= 4 is 11.8 Å². The molecule has 1 aromatic rings. The lowest BCUT2D eigenvalue weighted by atomic mass is 9.78. The number of aliphatic hydroxyl groups is 1. The first-order valence-electron chi connectivity index (χ1n) is 15.4. The van der Waals surface area contributed by atoms with E-state index in [2.05, 4.69) is 35.7 Å². The van der Waals surface area contributed by atoms with Gasteiger partial charge in [0.2, 0.25) is 11.8 Å². The Balaban J connectivity index is 1.28. The Bertz CT molecular complexity index is 986. The van der Waals surface area contributed by atoms with Crippen molar-refractivity contribution in [3.05, 3.63) is 17.0 Å². The third-order valence-corrected chi connectivity index (χ3v) is 10.2. The number of nitrogens with one attached hydrogen (secondary N) is 1. The van der Waals surface area contributed by atoms with E-state index in [1.54, 1.807) is 0 Å². The van der Waals surface area contributed by atoms with Crippen molar-refractivity contribution in [2.75, 3.05) is 19.6 Å². The van der Waals surface area contributed by atoms with Gasteiger partial charge in [0.25, 0.3) is 0 Å². The Morgan fingerprint density at radius 1 is 1.03 bits per heavy atom. The molecule has 2 aliphatic heterocycles. The highest BCUT2D eigenvalue weighted by Crippen LogP contribution is 2.37. The number of aromatic nitrogens is 2. The number of aliphatic hydroxyl groups excluding tert-OH is 1. The van der Waals surface area contributed by atoms with Crippen LogP contribution in [0.4, 0.5) is 0 Å². The zero-order valence-electron chi connectivity index (χ0n) is 23.9. The van der Waals surface area contributed by atoms with E-state index in [1.807, 2.05) is 4.90 Å². The fourth-order valence-corrected chi connectivity index (χ4v) is 7.69. The third kappa shape index (κ3) is 5.15. The molecule has 212 valence electrons. The summed E-state index contributed by atoms with van der Waals surface area (Å²) < 4.78 is 2.26. The maximum atomic E-state index is 13.9. The number of unbranched alkanes of at least 4 members (excludes halogenated alkanes) is 1. The molecule has 4 aliphatic rings. The average molecular weight is 528 g/mol. The molecule has 0 bridgehead atoms. The van der Waals surface area contributed by atoms with Crippen LogP contribution in [-0.4, -0.2) is 73.8 Å². The standard InChI is InChI=1S/C30H49N5O3/c1-4-5-17-34-28(37)26(27(36)23-11-7-6-8-12-23)31-29(38)30(34)15-18-33(19-16-30)20-25-21(2)32-35(22(25)3)24-13-9-10-14-24/h23-24,26-27,36H,4-20H2,1-3H3,(H,31,38). The quantitative estimate of drug-likeness (QED) is 0.533. The number of likely N-dealkylation sites (tertiary alicyclic amines) is 1. The summed E-state index contributed by atoms with van der Waals surface area (Å²) in [5.41, 5.74) is 2.91. The molecule has 2 amide bonds. The smallest absolute Gasteiger partial charge is 0.248 e. The summed E-state index contributed by atoms with van der Waals surface area (Å²) in [5.74, 6) is -0.0400. The zero-order valence-corrected chi connectivity index (χ0v) is 23.9. The number of nitrogens with zero attached hydrogens (tertiary/aromatic N) is 4. The molecule has 8 nitrogen and oxygen atoms in total. The van der Waals surface area contributed by atoms with Crippen molar-refractivity contribution in [1.29, 1.82) is 0 Å². The summed E-state index contributed by atoms with van der Waals surface area (Å²) in [6.45, 7) is 9.41. The van der Waals surface area contributed by atoms with Gasteiger partial charge in [-0.15, -0.1) is 0 Å². The Kier molecular flexibility index (Phi) is 8.48. The van der Waals surface area contributed by atoms with Gasteiger partial charge in [-0.1, -0.05) is 45.4 Å². The summed E-state index contributed by atoms with van der Waals surface area (Å²) in [4.78, 5) is 31.9. The van der Waals surface area contributed by atoms with Gasteiger partial charge in [-0.3, -0.25) is 19.2 Å². The fourth-order valence-electron chi connectivity index (χ4n) is 7.69. The van der Waals surface area contributed by atoms with Crippen molar-refractivity contribution in [3.63, 3.8) is 0 Å². The number of aryl methyl sites for hydroxylation is 1. The predicted molar refractivity (Wildman–Crippen MR) is 148 cm³/mol. The van der Waals surface area contributed by atoms with Crippen LogP contribution in [-0.2, 0) is 16.1 Å². The van der Waals surface area contributed by atoms with E-state index in [-0.39, 0.29) is 17.7 Å². The highest BCUT2D eigenvalue weighted by molar-refractivity contribution is 6.00. The Labute approximate surface area is 228 Å². The SMILES string of the molecule is CCCCN1C(=O)C(C(O)C2CCCCC2)NC(=O)C12CCN(Cc1c(C)nn(C3CCCC3)c1C)CC2. The van der Waals surface area contributed by atoms with Gasteiger partial charge in [-0.25, -0.2) is 0 Å². The van der Waals surface area contributed by atoms with E-state index in [0.29, 0.717) is 25.4 Å². The molecule has 1 aromatic heterocycles. The Hall–Kier alpha value is -1.93. The van der Waals surface area contributed by atoms with Crippen LogP contribution < -0.4 is 5.32 Å². The molecule has 3 heterocycles. The number of piperidine rings is 1. The highest BCUT2D eigenvalue weighted by atomic mass is 16.3. The third-order valence-electron chi connectivity index (χ3n) is 10.2. The highest BCUT2D eigenvalue weighted by Gasteiger charge is 2.55. The first-order chi connectivity index (χ1) is 18.4. The molecule has 2 unspecified atom stereocenters. The average Bonchev–Trinajstić information content (AvgIpc) is 3.56. The lowest BCUT2D eigenvalue weighted by Gasteiger charge is -2.52. The van der Waals surface area contributed by atoms with Crippen LogP contribution in [0, 0.1) is 19.8 Å². The maximum Gasteiger partial charge on any atom is 0.248 e. The number of carbonyl (C=O) groups is 2. The second-order valence-electron chi connectivity index (χ2n) is 12.5. The molecule has 2 N–H and O–H groups in total. The molecule has 5 rings (SSSR count). The predicted octanol–water partition coefficient (Wildman–Crippen LogP) is 4.02.